The second-order valence-electron chi connectivity index (χ2n) is 5.16. The van der Waals surface area contributed by atoms with Crippen molar-refractivity contribution in [2.75, 3.05) is 6.54 Å². The SMILES string of the molecule is CCCNC(c1cnccc1C(F)(F)F)C(C)CCC. The van der Waals surface area contributed by atoms with E-state index in [1.54, 1.807) is 0 Å². The fourth-order valence-electron chi connectivity index (χ4n) is 2.45. The number of hydrogen-bond acceptors (Lipinski definition) is 2. The highest BCUT2D eigenvalue weighted by atomic mass is 19.4. The normalized spacial score (nSPS) is 15.1. The molecule has 0 bridgehead atoms. The summed E-state index contributed by atoms with van der Waals surface area (Å²) in [6, 6.07) is 0.759. The molecular formula is C15H23F3N2. The molecule has 1 N–H and O–H groups in total. The van der Waals surface area contributed by atoms with Gasteiger partial charge in [0.2, 0.25) is 0 Å². The molecule has 0 fully saturated rings. The Morgan fingerprint density at radius 2 is 1.95 bits per heavy atom. The van der Waals surface area contributed by atoms with Crippen molar-refractivity contribution < 1.29 is 13.2 Å². The predicted octanol–water partition coefficient (Wildman–Crippen LogP) is 4.58. The molecule has 0 aliphatic heterocycles. The Bertz CT molecular complexity index is 404. The van der Waals surface area contributed by atoms with Gasteiger partial charge in [0.05, 0.1) is 5.56 Å². The van der Waals surface area contributed by atoms with Crippen LogP contribution in [-0.2, 0) is 6.18 Å². The van der Waals surface area contributed by atoms with Gasteiger partial charge in [-0.25, -0.2) is 0 Å². The zero-order chi connectivity index (χ0) is 15.2. The van der Waals surface area contributed by atoms with Crippen LogP contribution in [0.5, 0.6) is 0 Å². The molecule has 2 atom stereocenters. The second-order valence-corrected chi connectivity index (χ2v) is 5.16. The summed E-state index contributed by atoms with van der Waals surface area (Å²) in [7, 11) is 0. The topological polar surface area (TPSA) is 24.9 Å². The maximum absolute atomic E-state index is 13.1. The van der Waals surface area contributed by atoms with E-state index < -0.39 is 11.7 Å². The van der Waals surface area contributed by atoms with E-state index in [1.807, 2.05) is 20.8 Å². The third-order valence-electron chi connectivity index (χ3n) is 3.42. The molecule has 0 aliphatic rings. The number of nitrogens with zero attached hydrogens (tertiary/aromatic N) is 1. The molecule has 0 saturated heterocycles. The van der Waals surface area contributed by atoms with Crippen LogP contribution in [0.1, 0.15) is 57.2 Å². The predicted molar refractivity (Wildman–Crippen MR) is 74.3 cm³/mol. The van der Waals surface area contributed by atoms with Crippen molar-refractivity contribution in [2.24, 2.45) is 5.92 Å². The molecule has 0 radical (unpaired) electrons. The molecule has 1 aromatic heterocycles. The highest BCUT2D eigenvalue weighted by molar-refractivity contribution is 5.29. The van der Waals surface area contributed by atoms with E-state index in [0.29, 0.717) is 6.54 Å². The largest absolute Gasteiger partial charge is 0.416 e. The molecule has 20 heavy (non-hydrogen) atoms. The molecule has 2 nitrogen and oxygen atoms in total. The van der Waals surface area contributed by atoms with E-state index in [4.69, 9.17) is 0 Å². The van der Waals surface area contributed by atoms with Crippen LogP contribution in [0, 0.1) is 5.92 Å². The summed E-state index contributed by atoms with van der Waals surface area (Å²) in [5.41, 5.74) is -0.321. The van der Waals surface area contributed by atoms with Gasteiger partial charge in [-0.1, -0.05) is 27.2 Å². The Balaban J connectivity index is 3.12. The van der Waals surface area contributed by atoms with Crippen molar-refractivity contribution in [3.05, 3.63) is 29.6 Å². The lowest BCUT2D eigenvalue weighted by molar-refractivity contribution is -0.138. The van der Waals surface area contributed by atoms with Crippen molar-refractivity contribution >= 4 is 0 Å². The monoisotopic (exact) mass is 288 g/mol. The van der Waals surface area contributed by atoms with E-state index in [-0.39, 0.29) is 17.5 Å². The Hall–Kier alpha value is -1.10. The average Bonchev–Trinajstić information content (AvgIpc) is 2.39. The molecule has 1 rings (SSSR count). The summed E-state index contributed by atoms with van der Waals surface area (Å²) < 4.78 is 39.4. The lowest BCUT2D eigenvalue weighted by atomic mass is 9.89. The molecule has 0 spiro atoms. The van der Waals surface area contributed by atoms with Crippen LogP contribution in [-0.4, -0.2) is 11.5 Å². The summed E-state index contributed by atoms with van der Waals surface area (Å²) >= 11 is 0. The summed E-state index contributed by atoms with van der Waals surface area (Å²) in [6.45, 7) is 6.73. The zero-order valence-electron chi connectivity index (χ0n) is 12.3. The van der Waals surface area contributed by atoms with E-state index in [9.17, 15) is 13.2 Å². The van der Waals surface area contributed by atoms with Gasteiger partial charge in [0, 0.05) is 18.4 Å². The number of alkyl halides is 3. The van der Waals surface area contributed by atoms with Crippen LogP contribution in [0.25, 0.3) is 0 Å². The molecule has 0 saturated carbocycles. The minimum Gasteiger partial charge on any atom is -0.310 e. The van der Waals surface area contributed by atoms with Gasteiger partial charge < -0.3 is 5.32 Å². The first-order valence-corrected chi connectivity index (χ1v) is 7.16. The van der Waals surface area contributed by atoms with Gasteiger partial charge in [-0.3, -0.25) is 4.98 Å². The third kappa shape index (κ3) is 4.47. The summed E-state index contributed by atoms with van der Waals surface area (Å²) in [4.78, 5) is 3.89. The lowest BCUT2D eigenvalue weighted by Gasteiger charge is -2.27. The number of nitrogens with one attached hydrogen (secondary N) is 1. The molecule has 0 aliphatic carbocycles. The highest BCUT2D eigenvalue weighted by Gasteiger charge is 2.36. The van der Waals surface area contributed by atoms with Gasteiger partial charge in [-0.05, 0) is 36.9 Å². The summed E-state index contributed by atoms with van der Waals surface area (Å²) in [5.74, 6) is 0.136. The molecule has 2 unspecified atom stereocenters. The summed E-state index contributed by atoms with van der Waals surface area (Å²) in [6.07, 6.45) is 0.934. The smallest absolute Gasteiger partial charge is 0.310 e. The van der Waals surface area contributed by atoms with Gasteiger partial charge in [0.1, 0.15) is 0 Å². The lowest BCUT2D eigenvalue weighted by Crippen LogP contribution is -2.30. The number of pyridine rings is 1. The fraction of sp³-hybridized carbons (Fsp3) is 0.667. The first kappa shape index (κ1) is 17.0. The van der Waals surface area contributed by atoms with Crippen LogP contribution >= 0.6 is 0 Å². The van der Waals surface area contributed by atoms with Crippen molar-refractivity contribution in [2.45, 2.75) is 52.3 Å². The van der Waals surface area contributed by atoms with Crippen LogP contribution in [0.4, 0.5) is 13.2 Å². The maximum Gasteiger partial charge on any atom is 0.416 e. The Morgan fingerprint density at radius 1 is 1.25 bits per heavy atom. The van der Waals surface area contributed by atoms with E-state index in [1.165, 1.54) is 12.4 Å². The Labute approximate surface area is 118 Å². The maximum atomic E-state index is 13.1. The van der Waals surface area contributed by atoms with Crippen molar-refractivity contribution in [1.82, 2.24) is 10.3 Å². The van der Waals surface area contributed by atoms with Crippen LogP contribution in [0.2, 0.25) is 0 Å². The molecule has 0 aromatic carbocycles. The number of rotatable bonds is 7. The van der Waals surface area contributed by atoms with Crippen LogP contribution in [0.15, 0.2) is 18.5 Å². The molecule has 114 valence electrons. The van der Waals surface area contributed by atoms with Crippen molar-refractivity contribution in [3.63, 3.8) is 0 Å². The van der Waals surface area contributed by atoms with Crippen molar-refractivity contribution in [3.8, 4) is 0 Å². The van der Waals surface area contributed by atoms with Gasteiger partial charge >= 0.3 is 6.18 Å². The first-order chi connectivity index (χ1) is 9.41. The van der Waals surface area contributed by atoms with E-state index in [2.05, 4.69) is 10.3 Å². The summed E-state index contributed by atoms with van der Waals surface area (Å²) in [5, 5.41) is 3.24. The first-order valence-electron chi connectivity index (χ1n) is 7.16. The average molecular weight is 288 g/mol. The number of halogens is 3. The number of aromatic nitrogens is 1. The fourth-order valence-corrected chi connectivity index (χ4v) is 2.45. The highest BCUT2D eigenvalue weighted by Crippen LogP contribution is 2.37. The zero-order valence-corrected chi connectivity index (χ0v) is 12.3. The van der Waals surface area contributed by atoms with Gasteiger partial charge in [0.25, 0.3) is 0 Å². The standard InChI is InChI=1S/C15H23F3N2/c1-4-6-11(3)14(20-8-5-2)12-10-19-9-7-13(12)15(16,17)18/h7,9-11,14,20H,4-6,8H2,1-3H3. The minimum atomic E-state index is -4.34. The molecule has 1 heterocycles. The minimum absolute atomic E-state index is 0.136. The van der Waals surface area contributed by atoms with Gasteiger partial charge in [0.15, 0.2) is 0 Å². The van der Waals surface area contributed by atoms with E-state index >= 15 is 0 Å². The van der Waals surface area contributed by atoms with Gasteiger partial charge in [-0.2, -0.15) is 13.2 Å². The van der Waals surface area contributed by atoms with Crippen LogP contribution in [0.3, 0.4) is 0 Å². The Morgan fingerprint density at radius 3 is 2.50 bits per heavy atom. The van der Waals surface area contributed by atoms with E-state index in [0.717, 1.165) is 25.3 Å². The van der Waals surface area contributed by atoms with Crippen molar-refractivity contribution in [1.29, 1.82) is 0 Å². The quantitative estimate of drug-likeness (QED) is 0.794. The Kier molecular flexibility index (Phi) is 6.46. The van der Waals surface area contributed by atoms with Gasteiger partial charge in [-0.15, -0.1) is 0 Å². The molecule has 0 amide bonds. The third-order valence-corrected chi connectivity index (χ3v) is 3.42. The second kappa shape index (κ2) is 7.62. The molecule has 1 aromatic rings. The molecular weight excluding hydrogens is 265 g/mol. The van der Waals surface area contributed by atoms with Crippen LogP contribution < -0.4 is 5.32 Å². The number of hydrogen-bond donors (Lipinski definition) is 1. The molecule has 5 heteroatoms.